The number of fused-ring (bicyclic) bond motifs is 1. The van der Waals surface area contributed by atoms with Gasteiger partial charge in [-0.15, -0.1) is 0 Å². The lowest BCUT2D eigenvalue weighted by atomic mass is 10.1. The van der Waals surface area contributed by atoms with Crippen molar-refractivity contribution < 1.29 is 34.0 Å². The van der Waals surface area contributed by atoms with Gasteiger partial charge in [0.2, 0.25) is 0 Å². The predicted octanol–water partition coefficient (Wildman–Crippen LogP) is 3.10. The quantitative estimate of drug-likeness (QED) is 0.384. The zero-order valence-corrected chi connectivity index (χ0v) is 18.8. The second-order valence-electron chi connectivity index (χ2n) is 7.95. The third kappa shape index (κ3) is 5.32. The zero-order valence-electron chi connectivity index (χ0n) is 18.0. The first-order valence-corrected chi connectivity index (χ1v) is 10.6. The van der Waals surface area contributed by atoms with Gasteiger partial charge in [0, 0.05) is 17.6 Å². The molecular formula is C23H26ClNO7. The Labute approximate surface area is 191 Å². The number of aliphatic hydroxyl groups is 1. The van der Waals surface area contributed by atoms with Crippen LogP contribution < -0.4 is 14.8 Å². The number of hydrogen-bond donors (Lipinski definition) is 3. The van der Waals surface area contributed by atoms with E-state index in [0.29, 0.717) is 18.0 Å². The van der Waals surface area contributed by atoms with Crippen LogP contribution in [0.3, 0.4) is 0 Å². The van der Waals surface area contributed by atoms with E-state index in [2.05, 4.69) is 5.32 Å². The van der Waals surface area contributed by atoms with Crippen LogP contribution in [0.5, 0.6) is 11.5 Å². The molecule has 9 heteroatoms. The molecule has 1 unspecified atom stereocenters. The molecule has 8 nitrogen and oxygen atoms in total. The molecule has 0 saturated carbocycles. The standard InChI is InChI=1S/C23H26ClNO7/c1-13(2)30-22(29)23(21(27)28)31-19-8-7-15(10-20(19)32-23)9-14(3)25-12-18(26)16-5-4-6-17(24)11-16/h4-8,10-11,13-14,18,25-26H,9,12H2,1-3H3,(H,27,28)/t14-,18+,23?/m1/s1. The van der Waals surface area contributed by atoms with Crippen molar-refractivity contribution >= 4 is 23.5 Å². The van der Waals surface area contributed by atoms with Crippen molar-refractivity contribution in [2.75, 3.05) is 6.54 Å². The molecule has 3 rings (SSSR count). The lowest BCUT2D eigenvalue weighted by molar-refractivity contribution is -0.201. The SMILES string of the molecule is CC(C)OC(=O)C1(C(=O)O)Oc2ccc(C[C@@H](C)NC[C@H](O)c3cccc(Cl)c3)cc2O1. The minimum absolute atomic E-state index is 0.0145. The summed E-state index contributed by atoms with van der Waals surface area (Å²) < 4.78 is 15.8. The maximum Gasteiger partial charge on any atom is 0.453 e. The van der Waals surface area contributed by atoms with Crippen LogP contribution in [0, 0.1) is 0 Å². The number of esters is 1. The second-order valence-corrected chi connectivity index (χ2v) is 8.38. The van der Waals surface area contributed by atoms with E-state index < -0.39 is 29.9 Å². The van der Waals surface area contributed by atoms with E-state index in [1.807, 2.05) is 6.92 Å². The van der Waals surface area contributed by atoms with Crippen LogP contribution in [0.2, 0.25) is 5.02 Å². The largest absolute Gasteiger partial charge is 0.475 e. The molecule has 32 heavy (non-hydrogen) atoms. The summed E-state index contributed by atoms with van der Waals surface area (Å²) in [4.78, 5) is 24.1. The maximum atomic E-state index is 12.3. The lowest BCUT2D eigenvalue weighted by Gasteiger charge is -2.21. The van der Waals surface area contributed by atoms with E-state index in [4.69, 9.17) is 25.8 Å². The molecule has 0 spiro atoms. The normalized spacial score (nSPS) is 18.9. The Balaban J connectivity index is 1.63. The summed E-state index contributed by atoms with van der Waals surface area (Å²) in [6.07, 6.45) is -0.675. The highest BCUT2D eigenvalue weighted by Crippen LogP contribution is 2.41. The number of carboxylic acid groups (broad SMARTS) is 1. The molecular weight excluding hydrogens is 438 g/mol. The summed E-state index contributed by atoms with van der Waals surface area (Å²) in [6, 6.07) is 12.0. The average molecular weight is 464 g/mol. The van der Waals surface area contributed by atoms with Gasteiger partial charge < -0.3 is 29.7 Å². The van der Waals surface area contributed by atoms with Gasteiger partial charge in [-0.2, -0.15) is 0 Å². The van der Waals surface area contributed by atoms with Crippen LogP contribution in [-0.4, -0.2) is 46.6 Å². The second kappa shape index (κ2) is 9.77. The van der Waals surface area contributed by atoms with E-state index in [9.17, 15) is 19.8 Å². The maximum absolute atomic E-state index is 12.3. The number of halogens is 1. The van der Waals surface area contributed by atoms with Crippen molar-refractivity contribution in [3.8, 4) is 11.5 Å². The first-order valence-electron chi connectivity index (χ1n) is 10.2. The fourth-order valence-corrected chi connectivity index (χ4v) is 3.49. The van der Waals surface area contributed by atoms with E-state index in [-0.39, 0.29) is 17.5 Å². The number of carboxylic acids is 1. The number of benzene rings is 2. The minimum Gasteiger partial charge on any atom is -0.475 e. The summed E-state index contributed by atoms with van der Waals surface area (Å²) in [5.41, 5.74) is 1.56. The van der Waals surface area contributed by atoms with Gasteiger partial charge in [0.25, 0.3) is 0 Å². The minimum atomic E-state index is -2.56. The first kappa shape index (κ1) is 23.8. The summed E-state index contributed by atoms with van der Waals surface area (Å²) in [5, 5.41) is 23.7. The van der Waals surface area contributed by atoms with Gasteiger partial charge in [-0.05, 0) is 62.6 Å². The van der Waals surface area contributed by atoms with E-state index in [1.54, 1.807) is 56.3 Å². The smallest absolute Gasteiger partial charge is 0.453 e. The highest BCUT2D eigenvalue weighted by molar-refractivity contribution is 6.30. The molecule has 2 aromatic rings. The summed E-state index contributed by atoms with van der Waals surface area (Å²) >= 11 is 5.97. The molecule has 1 aliphatic rings. The molecule has 172 valence electrons. The van der Waals surface area contributed by atoms with Crippen molar-refractivity contribution in [1.82, 2.24) is 5.32 Å². The topological polar surface area (TPSA) is 114 Å². The van der Waals surface area contributed by atoms with E-state index in [0.717, 1.165) is 11.1 Å². The number of ether oxygens (including phenoxy) is 3. The van der Waals surface area contributed by atoms with Crippen LogP contribution in [-0.2, 0) is 20.7 Å². The van der Waals surface area contributed by atoms with Crippen LogP contribution in [0.4, 0.5) is 0 Å². The van der Waals surface area contributed by atoms with Crippen molar-refractivity contribution in [2.45, 2.75) is 51.2 Å². The van der Waals surface area contributed by atoms with Gasteiger partial charge in [-0.3, -0.25) is 0 Å². The Hall–Kier alpha value is -2.81. The van der Waals surface area contributed by atoms with Gasteiger partial charge in [-0.1, -0.05) is 29.8 Å². The van der Waals surface area contributed by atoms with Gasteiger partial charge in [0.1, 0.15) is 0 Å². The van der Waals surface area contributed by atoms with Gasteiger partial charge >= 0.3 is 17.7 Å². The van der Waals surface area contributed by atoms with Gasteiger partial charge in [0.15, 0.2) is 11.5 Å². The van der Waals surface area contributed by atoms with Crippen molar-refractivity contribution in [1.29, 1.82) is 0 Å². The number of hydrogen-bond acceptors (Lipinski definition) is 7. The average Bonchev–Trinajstić information content (AvgIpc) is 3.12. The number of rotatable bonds is 9. The zero-order chi connectivity index (χ0) is 23.5. The number of carbonyl (C=O) groups excluding carboxylic acids is 1. The van der Waals surface area contributed by atoms with Crippen LogP contribution in [0.1, 0.15) is 38.0 Å². The Bertz CT molecular complexity index is 996. The fraction of sp³-hybridized carbons (Fsp3) is 0.391. The van der Waals surface area contributed by atoms with Crippen molar-refractivity contribution in [2.24, 2.45) is 0 Å². The molecule has 0 bridgehead atoms. The highest BCUT2D eigenvalue weighted by Gasteiger charge is 2.59. The van der Waals surface area contributed by atoms with Crippen LogP contribution in [0.15, 0.2) is 42.5 Å². The summed E-state index contributed by atoms with van der Waals surface area (Å²) in [5.74, 6) is -4.98. The van der Waals surface area contributed by atoms with Crippen molar-refractivity contribution in [3.05, 3.63) is 58.6 Å². The molecule has 1 heterocycles. The molecule has 0 amide bonds. The first-order chi connectivity index (χ1) is 15.1. The Morgan fingerprint density at radius 3 is 2.50 bits per heavy atom. The predicted molar refractivity (Wildman–Crippen MR) is 117 cm³/mol. The molecule has 0 aliphatic carbocycles. The van der Waals surface area contributed by atoms with E-state index >= 15 is 0 Å². The summed E-state index contributed by atoms with van der Waals surface area (Å²) in [7, 11) is 0. The highest BCUT2D eigenvalue weighted by atomic mass is 35.5. The lowest BCUT2D eigenvalue weighted by Crippen LogP contribution is -2.55. The molecule has 0 radical (unpaired) electrons. The van der Waals surface area contributed by atoms with Crippen LogP contribution >= 0.6 is 11.6 Å². The fourth-order valence-electron chi connectivity index (χ4n) is 3.29. The third-order valence-electron chi connectivity index (χ3n) is 4.84. The molecule has 2 aromatic carbocycles. The van der Waals surface area contributed by atoms with Crippen molar-refractivity contribution in [3.63, 3.8) is 0 Å². The molecule has 1 aliphatic heterocycles. The molecule has 0 saturated heterocycles. The Morgan fingerprint density at radius 2 is 1.84 bits per heavy atom. The van der Waals surface area contributed by atoms with Gasteiger partial charge in [0.05, 0.1) is 12.2 Å². The summed E-state index contributed by atoms with van der Waals surface area (Å²) in [6.45, 7) is 5.49. The number of nitrogens with one attached hydrogen (secondary N) is 1. The Morgan fingerprint density at radius 1 is 1.12 bits per heavy atom. The molecule has 3 N–H and O–H groups in total. The number of carbonyl (C=O) groups is 2. The number of aliphatic carboxylic acids is 1. The molecule has 0 aromatic heterocycles. The van der Waals surface area contributed by atoms with Crippen LogP contribution in [0.25, 0.3) is 0 Å². The molecule has 3 atom stereocenters. The van der Waals surface area contributed by atoms with E-state index in [1.165, 1.54) is 0 Å². The Kier molecular flexibility index (Phi) is 7.28. The number of aliphatic hydroxyl groups excluding tert-OH is 1. The molecule has 0 fully saturated rings. The third-order valence-corrected chi connectivity index (χ3v) is 5.08. The van der Waals surface area contributed by atoms with Gasteiger partial charge in [-0.25, -0.2) is 9.59 Å². The monoisotopic (exact) mass is 463 g/mol.